The molecular weight excluding hydrogens is 280 g/mol. The molecule has 1 aromatic rings. The van der Waals surface area contributed by atoms with E-state index in [0.717, 1.165) is 32.1 Å². The van der Waals surface area contributed by atoms with Crippen LogP contribution in [0.5, 0.6) is 0 Å². The molecule has 0 aliphatic heterocycles. The number of aromatic nitrogens is 1. The average Bonchev–Trinajstić information content (AvgIpc) is 2.46. The molecule has 0 radical (unpaired) electrons. The van der Waals surface area contributed by atoms with E-state index in [4.69, 9.17) is 5.11 Å². The van der Waals surface area contributed by atoms with E-state index >= 15 is 0 Å². The Bertz CT molecular complexity index is 570. The van der Waals surface area contributed by atoms with Gasteiger partial charge in [0.15, 0.2) is 0 Å². The van der Waals surface area contributed by atoms with Crippen LogP contribution in [0.15, 0.2) is 28.0 Å². The molecule has 0 saturated heterocycles. The third kappa shape index (κ3) is 3.28. The summed E-state index contributed by atoms with van der Waals surface area (Å²) in [5.41, 5.74) is -0.338. The molecule has 1 aromatic heterocycles. The summed E-state index contributed by atoms with van der Waals surface area (Å²) in [6.07, 6.45) is 6.00. The Labute approximate surface area is 118 Å². The lowest BCUT2D eigenvalue weighted by Gasteiger charge is -2.32. The van der Waals surface area contributed by atoms with E-state index < -0.39 is 10.0 Å². The molecule has 0 atom stereocenters. The minimum absolute atomic E-state index is 0.0622. The van der Waals surface area contributed by atoms with Gasteiger partial charge < -0.3 is 10.1 Å². The normalized spacial score (nSPS) is 17.5. The predicted molar refractivity (Wildman–Crippen MR) is 74.9 cm³/mol. The number of H-pyrrole nitrogens is 1. The molecule has 2 N–H and O–H groups in total. The van der Waals surface area contributed by atoms with Crippen LogP contribution < -0.4 is 5.56 Å². The lowest BCUT2D eigenvalue weighted by atomic mass is 9.95. The molecule has 1 aliphatic rings. The molecule has 0 amide bonds. The molecule has 7 heteroatoms. The molecule has 1 fully saturated rings. The summed E-state index contributed by atoms with van der Waals surface area (Å²) in [6.45, 7) is -0.120. The van der Waals surface area contributed by atoms with Gasteiger partial charge in [-0.25, -0.2) is 8.42 Å². The molecule has 20 heavy (non-hydrogen) atoms. The highest BCUT2D eigenvalue weighted by Gasteiger charge is 2.31. The number of aliphatic hydroxyl groups is 1. The van der Waals surface area contributed by atoms with Gasteiger partial charge >= 0.3 is 0 Å². The molecular formula is C13H20N2O4S. The number of nitrogens with one attached hydrogen (secondary N) is 1. The van der Waals surface area contributed by atoms with Crippen molar-refractivity contribution in [3.8, 4) is 0 Å². The van der Waals surface area contributed by atoms with E-state index in [-0.39, 0.29) is 29.6 Å². The van der Waals surface area contributed by atoms with Crippen LogP contribution in [0.2, 0.25) is 0 Å². The predicted octanol–water partition coefficient (Wildman–Crippen LogP) is 0.691. The summed E-state index contributed by atoms with van der Waals surface area (Å²) in [4.78, 5) is 13.5. The maximum atomic E-state index is 12.6. The lowest BCUT2D eigenvalue weighted by molar-refractivity contribution is 0.199. The number of rotatable bonds is 5. The Morgan fingerprint density at radius 2 is 1.95 bits per heavy atom. The second kappa shape index (κ2) is 6.51. The number of hydrogen-bond acceptors (Lipinski definition) is 4. The summed E-state index contributed by atoms with van der Waals surface area (Å²) in [7, 11) is -3.68. The van der Waals surface area contributed by atoms with E-state index in [1.54, 1.807) is 0 Å². The van der Waals surface area contributed by atoms with E-state index in [1.165, 1.54) is 22.6 Å². The number of hydrogen-bond donors (Lipinski definition) is 2. The monoisotopic (exact) mass is 300 g/mol. The van der Waals surface area contributed by atoms with Crippen molar-refractivity contribution in [3.05, 3.63) is 28.7 Å². The van der Waals surface area contributed by atoms with Crippen molar-refractivity contribution in [2.75, 3.05) is 13.2 Å². The molecule has 2 rings (SSSR count). The second-order valence-corrected chi connectivity index (χ2v) is 6.91. The van der Waals surface area contributed by atoms with Gasteiger partial charge in [0.1, 0.15) is 0 Å². The minimum atomic E-state index is -3.68. The minimum Gasteiger partial charge on any atom is -0.395 e. The maximum Gasteiger partial charge on any atom is 0.247 e. The van der Waals surface area contributed by atoms with Crippen molar-refractivity contribution >= 4 is 10.0 Å². The maximum absolute atomic E-state index is 12.6. The fraction of sp³-hybridized carbons (Fsp3) is 0.615. The van der Waals surface area contributed by atoms with Crippen molar-refractivity contribution in [2.45, 2.75) is 43.0 Å². The summed E-state index contributed by atoms with van der Waals surface area (Å²) >= 11 is 0. The number of sulfonamides is 1. The van der Waals surface area contributed by atoms with Crippen LogP contribution >= 0.6 is 0 Å². The first-order chi connectivity index (χ1) is 9.55. The van der Waals surface area contributed by atoms with Gasteiger partial charge in [-0.1, -0.05) is 19.3 Å². The number of aliphatic hydroxyl groups excluding tert-OH is 1. The first kappa shape index (κ1) is 15.2. The third-order valence-electron chi connectivity index (χ3n) is 3.66. The standard InChI is InChI=1S/C13H20N2O4S/c16-9-8-15(11-4-2-1-3-5-11)20(18,19)12-6-7-13(17)14-10-12/h6-7,10-11,16H,1-5,8-9H2,(H,14,17). The zero-order valence-electron chi connectivity index (χ0n) is 11.3. The summed E-state index contributed by atoms with van der Waals surface area (Å²) in [5, 5.41) is 9.16. The van der Waals surface area contributed by atoms with Gasteiger partial charge in [-0.05, 0) is 18.9 Å². The first-order valence-corrected chi connectivity index (χ1v) is 8.31. The van der Waals surface area contributed by atoms with E-state index in [1.807, 2.05) is 0 Å². The first-order valence-electron chi connectivity index (χ1n) is 6.87. The summed E-state index contributed by atoms with van der Waals surface area (Å²) < 4.78 is 26.6. The van der Waals surface area contributed by atoms with E-state index in [0.29, 0.717) is 0 Å². The summed E-state index contributed by atoms with van der Waals surface area (Å²) in [6, 6.07) is 2.44. The lowest BCUT2D eigenvalue weighted by Crippen LogP contribution is -2.43. The van der Waals surface area contributed by atoms with Crippen LogP contribution in [0.4, 0.5) is 0 Å². The Morgan fingerprint density at radius 3 is 2.50 bits per heavy atom. The Kier molecular flexibility index (Phi) is 4.95. The zero-order chi connectivity index (χ0) is 14.6. The van der Waals surface area contributed by atoms with Gasteiger partial charge in [0.25, 0.3) is 0 Å². The molecule has 0 aromatic carbocycles. The number of pyridine rings is 1. The molecule has 1 aliphatic carbocycles. The number of aromatic amines is 1. The summed E-state index contributed by atoms with van der Waals surface area (Å²) in [5.74, 6) is 0. The highest BCUT2D eigenvalue weighted by atomic mass is 32.2. The molecule has 6 nitrogen and oxygen atoms in total. The Hall–Kier alpha value is -1.18. The van der Waals surface area contributed by atoms with Crippen molar-refractivity contribution in [3.63, 3.8) is 0 Å². The highest BCUT2D eigenvalue weighted by Crippen LogP contribution is 2.27. The smallest absolute Gasteiger partial charge is 0.247 e. The molecule has 1 saturated carbocycles. The van der Waals surface area contributed by atoms with Crippen LogP contribution in [0, 0.1) is 0 Å². The molecule has 1 heterocycles. The molecule has 0 bridgehead atoms. The van der Waals surface area contributed by atoms with E-state index in [2.05, 4.69) is 4.98 Å². The van der Waals surface area contributed by atoms with Crippen molar-refractivity contribution in [1.82, 2.24) is 9.29 Å². The quantitative estimate of drug-likeness (QED) is 0.837. The number of nitrogens with zero attached hydrogens (tertiary/aromatic N) is 1. The molecule has 0 spiro atoms. The molecule has 0 unspecified atom stereocenters. The van der Waals surface area contributed by atoms with Gasteiger partial charge in [0.05, 0.1) is 11.5 Å². The van der Waals surface area contributed by atoms with Crippen molar-refractivity contribution in [1.29, 1.82) is 0 Å². The van der Waals surface area contributed by atoms with E-state index in [9.17, 15) is 13.2 Å². The van der Waals surface area contributed by atoms with Crippen LogP contribution in [-0.4, -0.2) is 42.0 Å². The van der Waals surface area contributed by atoms with Crippen LogP contribution in [-0.2, 0) is 10.0 Å². The van der Waals surface area contributed by atoms with Crippen LogP contribution in [0.25, 0.3) is 0 Å². The Balaban J connectivity index is 2.30. The highest BCUT2D eigenvalue weighted by molar-refractivity contribution is 7.89. The third-order valence-corrected chi connectivity index (χ3v) is 5.61. The van der Waals surface area contributed by atoms with Gasteiger partial charge in [-0.2, -0.15) is 4.31 Å². The SMILES string of the molecule is O=c1ccc(S(=O)(=O)N(CCO)C2CCCCC2)c[nH]1. The fourth-order valence-electron chi connectivity index (χ4n) is 2.66. The van der Waals surface area contributed by atoms with Crippen LogP contribution in [0.1, 0.15) is 32.1 Å². The Morgan fingerprint density at radius 1 is 1.25 bits per heavy atom. The van der Waals surface area contributed by atoms with Gasteiger partial charge in [-0.3, -0.25) is 4.79 Å². The average molecular weight is 300 g/mol. The fourth-order valence-corrected chi connectivity index (χ4v) is 4.30. The van der Waals surface area contributed by atoms with Gasteiger partial charge in [0, 0.05) is 24.8 Å². The second-order valence-electron chi connectivity index (χ2n) is 5.02. The topological polar surface area (TPSA) is 90.5 Å². The van der Waals surface area contributed by atoms with Crippen molar-refractivity contribution in [2.24, 2.45) is 0 Å². The van der Waals surface area contributed by atoms with Crippen molar-refractivity contribution < 1.29 is 13.5 Å². The molecule has 112 valence electrons. The largest absolute Gasteiger partial charge is 0.395 e. The van der Waals surface area contributed by atoms with Gasteiger partial charge in [0.2, 0.25) is 15.6 Å². The van der Waals surface area contributed by atoms with Crippen LogP contribution in [0.3, 0.4) is 0 Å². The zero-order valence-corrected chi connectivity index (χ0v) is 12.1. The van der Waals surface area contributed by atoms with Gasteiger partial charge in [-0.15, -0.1) is 0 Å².